The maximum absolute atomic E-state index is 8.46. The van der Waals surface area contributed by atoms with E-state index in [0.29, 0.717) is 0 Å². The van der Waals surface area contributed by atoms with E-state index in [1.807, 2.05) is 18.9 Å². The minimum absolute atomic E-state index is 0.0483. The molecule has 56 valence electrons. The molecule has 0 heterocycles. The maximum Gasteiger partial charge on any atom is 0.0949 e. The lowest BCUT2D eigenvalue weighted by molar-refractivity contribution is 0.335. The quantitative estimate of drug-likeness (QED) is 0.624. The first kappa shape index (κ1) is 9.48. The van der Waals surface area contributed by atoms with Crippen molar-refractivity contribution in [2.24, 2.45) is 0 Å². The molecule has 0 spiro atoms. The van der Waals surface area contributed by atoms with Crippen LogP contribution >= 0.6 is 11.6 Å². The third-order valence-corrected chi connectivity index (χ3v) is 1.51. The summed E-state index contributed by atoms with van der Waals surface area (Å²) in [6.07, 6.45) is 1.80. The molecule has 0 amide bonds. The normalized spacial score (nSPS) is 13.9. The molecule has 0 aliphatic heterocycles. The van der Waals surface area contributed by atoms with Gasteiger partial charge in [-0.05, 0) is 14.0 Å². The molecule has 0 aromatic rings. The zero-order valence-corrected chi connectivity index (χ0v) is 6.97. The zero-order chi connectivity index (χ0) is 7.98. The second-order valence-electron chi connectivity index (χ2n) is 2.11. The molecule has 0 aromatic carbocycles. The van der Waals surface area contributed by atoms with E-state index in [-0.39, 0.29) is 6.04 Å². The van der Waals surface area contributed by atoms with Crippen molar-refractivity contribution in [1.82, 2.24) is 4.90 Å². The highest BCUT2D eigenvalue weighted by Gasteiger charge is 2.03. The summed E-state index contributed by atoms with van der Waals surface area (Å²) in [6, 6.07) is 2.07. The van der Waals surface area contributed by atoms with E-state index < -0.39 is 0 Å². The highest BCUT2D eigenvalue weighted by molar-refractivity contribution is 6.25. The van der Waals surface area contributed by atoms with Gasteiger partial charge in [-0.2, -0.15) is 5.26 Å². The topological polar surface area (TPSA) is 27.0 Å². The summed E-state index contributed by atoms with van der Waals surface area (Å²) in [7, 11) is 1.88. The fourth-order valence-corrected chi connectivity index (χ4v) is 0.542. The summed E-state index contributed by atoms with van der Waals surface area (Å²) in [5.74, 6) is 0. The van der Waals surface area contributed by atoms with Crippen molar-refractivity contribution in [2.45, 2.75) is 13.0 Å². The van der Waals surface area contributed by atoms with Gasteiger partial charge in [-0.1, -0.05) is 17.7 Å². The summed E-state index contributed by atoms with van der Waals surface area (Å²) < 4.78 is 0. The average Bonchev–Trinajstić information content (AvgIpc) is 1.98. The summed E-state index contributed by atoms with van der Waals surface area (Å²) in [6.45, 7) is 2.57. The van der Waals surface area contributed by atoms with Gasteiger partial charge in [-0.25, -0.2) is 0 Å². The van der Waals surface area contributed by atoms with Crippen molar-refractivity contribution in [2.75, 3.05) is 13.6 Å². The summed E-state index contributed by atoms with van der Waals surface area (Å²) >= 11 is 5.30. The van der Waals surface area contributed by atoms with Crippen LogP contribution in [0.15, 0.2) is 11.6 Å². The Morgan fingerprint density at radius 2 is 2.40 bits per heavy atom. The van der Waals surface area contributed by atoms with Crippen LogP contribution in [0.1, 0.15) is 6.92 Å². The molecule has 0 N–H and O–H groups in total. The van der Waals surface area contributed by atoms with Crippen LogP contribution < -0.4 is 0 Å². The van der Waals surface area contributed by atoms with Crippen molar-refractivity contribution in [3.63, 3.8) is 0 Å². The Bertz CT molecular complexity index is 148. The van der Waals surface area contributed by atoms with Gasteiger partial charge in [0, 0.05) is 12.1 Å². The highest BCUT2D eigenvalue weighted by atomic mass is 35.5. The van der Waals surface area contributed by atoms with E-state index in [9.17, 15) is 0 Å². The molecule has 1 atom stereocenters. The smallest absolute Gasteiger partial charge is 0.0949 e. The molecule has 10 heavy (non-hydrogen) atoms. The monoisotopic (exact) mass is 158 g/mol. The van der Waals surface area contributed by atoms with E-state index in [4.69, 9.17) is 16.9 Å². The molecular weight excluding hydrogens is 148 g/mol. The molecule has 0 rings (SSSR count). The van der Waals surface area contributed by atoms with Crippen molar-refractivity contribution in [1.29, 1.82) is 5.26 Å². The van der Waals surface area contributed by atoms with Crippen LogP contribution in [0.5, 0.6) is 0 Å². The Morgan fingerprint density at radius 3 is 2.80 bits per heavy atom. The summed E-state index contributed by atoms with van der Waals surface area (Å²) in [5.41, 5.74) is 1.46. The Balaban J connectivity index is 3.64. The van der Waals surface area contributed by atoms with Gasteiger partial charge in [0.15, 0.2) is 0 Å². The van der Waals surface area contributed by atoms with E-state index >= 15 is 0 Å². The lowest BCUT2D eigenvalue weighted by Crippen LogP contribution is -2.27. The second kappa shape index (κ2) is 5.28. The molecule has 0 fully saturated rings. The number of hydrogen-bond acceptors (Lipinski definition) is 2. The van der Waals surface area contributed by atoms with Gasteiger partial charge in [-0.3, -0.25) is 4.90 Å². The number of nitrogens with zero attached hydrogens (tertiary/aromatic N) is 2. The van der Waals surface area contributed by atoms with E-state index in [1.54, 1.807) is 6.08 Å². The first-order valence-corrected chi connectivity index (χ1v) is 3.51. The number of likely N-dealkylation sites (N-methyl/N-ethyl adjacent to an activating group) is 1. The van der Waals surface area contributed by atoms with Crippen LogP contribution in [0.4, 0.5) is 0 Å². The number of halogens is 1. The van der Waals surface area contributed by atoms with Gasteiger partial charge in [0.1, 0.15) is 0 Å². The predicted molar refractivity (Wildman–Crippen MR) is 42.7 cm³/mol. The average molecular weight is 159 g/mol. The Hall–Kier alpha value is -0.520. The molecular formula is C7H11ClN2. The van der Waals surface area contributed by atoms with Gasteiger partial charge < -0.3 is 0 Å². The minimum Gasteiger partial charge on any atom is -0.288 e. The Morgan fingerprint density at radius 1 is 1.80 bits per heavy atom. The molecule has 0 saturated carbocycles. The predicted octanol–water partition coefficient (Wildman–Crippen LogP) is 1.58. The van der Waals surface area contributed by atoms with Crippen molar-refractivity contribution >= 4 is 11.6 Å². The van der Waals surface area contributed by atoms with Gasteiger partial charge in [0.05, 0.1) is 12.1 Å². The Kier molecular flexibility index (Phi) is 5.00. The van der Waals surface area contributed by atoms with Crippen molar-refractivity contribution < 1.29 is 0 Å². The zero-order valence-electron chi connectivity index (χ0n) is 6.21. The molecule has 0 bridgehead atoms. The van der Waals surface area contributed by atoms with Gasteiger partial charge in [0.2, 0.25) is 0 Å². The molecule has 0 radical (unpaired) electrons. The molecule has 0 aliphatic rings. The number of rotatable bonds is 3. The van der Waals surface area contributed by atoms with Crippen LogP contribution in [0, 0.1) is 11.3 Å². The second-order valence-corrected chi connectivity index (χ2v) is 2.36. The van der Waals surface area contributed by atoms with Crippen LogP contribution in [-0.2, 0) is 0 Å². The van der Waals surface area contributed by atoms with Gasteiger partial charge >= 0.3 is 0 Å². The standard InChI is InChI=1S/C7H11ClN2/c1-7(6-9)10(2)5-3-4-8/h3-4,7H,5H2,1-2H3/b4-3+. The van der Waals surface area contributed by atoms with Crippen molar-refractivity contribution in [3.8, 4) is 6.07 Å². The molecule has 3 heteroatoms. The van der Waals surface area contributed by atoms with E-state index in [2.05, 4.69) is 6.07 Å². The molecule has 2 nitrogen and oxygen atoms in total. The van der Waals surface area contributed by atoms with Gasteiger partial charge in [-0.15, -0.1) is 0 Å². The number of hydrogen-bond donors (Lipinski definition) is 0. The fourth-order valence-electron chi connectivity index (χ4n) is 0.463. The SMILES string of the molecule is CC(C#N)N(C)C/C=C/Cl. The third kappa shape index (κ3) is 3.49. The van der Waals surface area contributed by atoms with Crippen LogP contribution in [0.2, 0.25) is 0 Å². The molecule has 0 aliphatic carbocycles. The highest BCUT2D eigenvalue weighted by Crippen LogP contribution is 1.93. The number of nitriles is 1. The third-order valence-electron chi connectivity index (χ3n) is 1.33. The first-order chi connectivity index (χ1) is 4.72. The Labute approximate surface area is 66.7 Å². The summed E-state index contributed by atoms with van der Waals surface area (Å²) in [4.78, 5) is 1.90. The van der Waals surface area contributed by atoms with Crippen molar-refractivity contribution in [3.05, 3.63) is 11.6 Å². The van der Waals surface area contributed by atoms with Crippen LogP contribution in [0.3, 0.4) is 0 Å². The molecule has 1 unspecified atom stereocenters. The lowest BCUT2D eigenvalue weighted by atomic mass is 10.3. The largest absolute Gasteiger partial charge is 0.288 e. The lowest BCUT2D eigenvalue weighted by Gasteiger charge is -2.15. The fraction of sp³-hybridized carbons (Fsp3) is 0.571. The molecule has 0 saturated heterocycles. The first-order valence-electron chi connectivity index (χ1n) is 3.07. The van der Waals surface area contributed by atoms with Crippen LogP contribution in [-0.4, -0.2) is 24.5 Å². The van der Waals surface area contributed by atoms with E-state index in [0.717, 1.165) is 6.54 Å². The maximum atomic E-state index is 8.46. The molecule has 0 aromatic heterocycles. The summed E-state index contributed by atoms with van der Waals surface area (Å²) in [5, 5.41) is 8.46. The van der Waals surface area contributed by atoms with Crippen LogP contribution in [0.25, 0.3) is 0 Å². The minimum atomic E-state index is -0.0483. The van der Waals surface area contributed by atoms with Gasteiger partial charge in [0.25, 0.3) is 0 Å². The van der Waals surface area contributed by atoms with E-state index in [1.165, 1.54) is 5.54 Å².